The van der Waals surface area contributed by atoms with Crippen LogP contribution in [0, 0.1) is 0 Å². The van der Waals surface area contributed by atoms with Crippen LogP contribution >= 0.6 is 0 Å². The van der Waals surface area contributed by atoms with E-state index in [9.17, 15) is 5.11 Å². The van der Waals surface area contributed by atoms with Crippen LogP contribution in [-0.2, 0) is 5.11 Å². The van der Waals surface area contributed by atoms with Gasteiger partial charge in [0.15, 0.2) is 0 Å². The maximum Gasteiger partial charge on any atom is 0.143 e. The smallest absolute Gasteiger partial charge is 0.143 e. The van der Waals surface area contributed by atoms with Crippen LogP contribution in [0.1, 0.15) is 17.2 Å². The van der Waals surface area contributed by atoms with Gasteiger partial charge in [-0.25, -0.2) is 5.11 Å². The van der Waals surface area contributed by atoms with E-state index in [0.29, 0.717) is 0 Å². The molecule has 0 saturated heterocycles. The molecular formula is C15H15O3. The first-order valence-electron chi connectivity index (χ1n) is 5.68. The van der Waals surface area contributed by atoms with E-state index in [-0.39, 0.29) is 0 Å². The Kier molecular flexibility index (Phi) is 3.85. The molecule has 2 aromatic rings. The van der Waals surface area contributed by atoms with Gasteiger partial charge >= 0.3 is 0 Å². The SMILES string of the molecule is COc1ccc(C([O])c2ccc(OC)cc2)cc1. The van der Waals surface area contributed by atoms with Gasteiger partial charge in [-0.2, -0.15) is 0 Å². The van der Waals surface area contributed by atoms with Crippen molar-refractivity contribution in [2.45, 2.75) is 6.10 Å². The van der Waals surface area contributed by atoms with Crippen LogP contribution in [0.15, 0.2) is 48.5 Å². The summed E-state index contributed by atoms with van der Waals surface area (Å²) in [6.45, 7) is 0. The molecule has 0 heterocycles. The van der Waals surface area contributed by atoms with Crippen molar-refractivity contribution in [1.29, 1.82) is 0 Å². The fourth-order valence-electron chi connectivity index (χ4n) is 1.75. The van der Waals surface area contributed by atoms with E-state index in [0.717, 1.165) is 22.6 Å². The Labute approximate surface area is 107 Å². The topological polar surface area (TPSA) is 38.4 Å². The summed E-state index contributed by atoms with van der Waals surface area (Å²) in [6, 6.07) is 14.4. The van der Waals surface area contributed by atoms with Crippen molar-refractivity contribution in [3.8, 4) is 11.5 Å². The first-order valence-corrected chi connectivity index (χ1v) is 5.68. The summed E-state index contributed by atoms with van der Waals surface area (Å²) < 4.78 is 10.1. The largest absolute Gasteiger partial charge is 0.497 e. The Hall–Kier alpha value is -2.00. The van der Waals surface area contributed by atoms with Gasteiger partial charge in [-0.1, -0.05) is 24.3 Å². The van der Waals surface area contributed by atoms with Crippen LogP contribution in [0.4, 0.5) is 0 Å². The molecule has 0 aliphatic heterocycles. The molecule has 0 aromatic heterocycles. The highest BCUT2D eigenvalue weighted by atomic mass is 16.5. The lowest BCUT2D eigenvalue weighted by Gasteiger charge is -2.10. The lowest BCUT2D eigenvalue weighted by Crippen LogP contribution is -1.98. The molecular weight excluding hydrogens is 228 g/mol. The number of benzene rings is 2. The van der Waals surface area contributed by atoms with Crippen LogP contribution in [0.3, 0.4) is 0 Å². The Balaban J connectivity index is 2.20. The molecule has 0 N–H and O–H groups in total. The molecule has 93 valence electrons. The monoisotopic (exact) mass is 243 g/mol. The van der Waals surface area contributed by atoms with Crippen molar-refractivity contribution < 1.29 is 14.6 Å². The molecule has 0 bridgehead atoms. The van der Waals surface area contributed by atoms with Gasteiger partial charge in [-0.3, -0.25) is 0 Å². The van der Waals surface area contributed by atoms with Gasteiger partial charge in [-0.05, 0) is 35.4 Å². The van der Waals surface area contributed by atoms with Gasteiger partial charge in [0.2, 0.25) is 0 Å². The summed E-state index contributed by atoms with van der Waals surface area (Å²) in [5.74, 6) is 1.50. The summed E-state index contributed by atoms with van der Waals surface area (Å²) in [5, 5.41) is 12.2. The van der Waals surface area contributed by atoms with Crippen LogP contribution in [-0.4, -0.2) is 14.2 Å². The van der Waals surface area contributed by atoms with Crippen molar-refractivity contribution in [2.24, 2.45) is 0 Å². The van der Waals surface area contributed by atoms with E-state index in [1.54, 1.807) is 62.8 Å². The van der Waals surface area contributed by atoms with E-state index in [1.165, 1.54) is 0 Å². The first-order chi connectivity index (χ1) is 8.74. The number of methoxy groups -OCH3 is 2. The van der Waals surface area contributed by atoms with Gasteiger partial charge in [0, 0.05) is 0 Å². The highest BCUT2D eigenvalue weighted by Crippen LogP contribution is 2.25. The summed E-state index contributed by atoms with van der Waals surface area (Å²) in [6.07, 6.45) is -0.887. The molecule has 0 amide bonds. The molecule has 0 aliphatic carbocycles. The van der Waals surface area contributed by atoms with E-state index in [2.05, 4.69) is 0 Å². The molecule has 0 atom stereocenters. The second-order valence-corrected chi connectivity index (χ2v) is 3.93. The average Bonchev–Trinajstić information content (AvgIpc) is 2.47. The van der Waals surface area contributed by atoms with Crippen molar-refractivity contribution in [1.82, 2.24) is 0 Å². The summed E-state index contributed by atoms with van der Waals surface area (Å²) in [4.78, 5) is 0. The van der Waals surface area contributed by atoms with Gasteiger partial charge in [-0.15, -0.1) is 0 Å². The quantitative estimate of drug-likeness (QED) is 0.826. The Bertz CT molecular complexity index is 441. The standard InChI is InChI=1S/C15H15O3/c1-17-13-7-3-11(4-8-13)15(16)12-5-9-14(18-2)10-6-12/h3-10,15H,1-2H3. The second-order valence-electron chi connectivity index (χ2n) is 3.93. The number of ether oxygens (including phenoxy) is 2. The highest BCUT2D eigenvalue weighted by Gasteiger charge is 2.12. The Morgan fingerprint density at radius 2 is 1.06 bits per heavy atom. The normalized spacial score (nSPS) is 10.4. The predicted octanol–water partition coefficient (Wildman–Crippen LogP) is 3.22. The fourth-order valence-corrected chi connectivity index (χ4v) is 1.75. The number of hydrogen-bond donors (Lipinski definition) is 0. The van der Waals surface area contributed by atoms with Crippen molar-refractivity contribution in [3.05, 3.63) is 59.7 Å². The molecule has 0 unspecified atom stereocenters. The third kappa shape index (κ3) is 2.63. The van der Waals surface area contributed by atoms with Crippen molar-refractivity contribution >= 4 is 0 Å². The lowest BCUT2D eigenvalue weighted by atomic mass is 10.0. The third-order valence-corrected chi connectivity index (χ3v) is 2.84. The molecule has 3 nitrogen and oxygen atoms in total. The van der Waals surface area contributed by atoms with Gasteiger partial charge < -0.3 is 9.47 Å². The summed E-state index contributed by atoms with van der Waals surface area (Å²) in [5.41, 5.74) is 1.45. The second kappa shape index (κ2) is 5.56. The molecule has 18 heavy (non-hydrogen) atoms. The van der Waals surface area contributed by atoms with Crippen LogP contribution in [0.5, 0.6) is 11.5 Å². The third-order valence-electron chi connectivity index (χ3n) is 2.84. The van der Waals surface area contributed by atoms with Gasteiger partial charge in [0.05, 0.1) is 14.2 Å². The fraction of sp³-hybridized carbons (Fsp3) is 0.200. The predicted molar refractivity (Wildman–Crippen MR) is 68.5 cm³/mol. The molecule has 0 aliphatic rings. The maximum absolute atomic E-state index is 12.2. The zero-order chi connectivity index (χ0) is 13.0. The van der Waals surface area contributed by atoms with Gasteiger partial charge in [0.25, 0.3) is 0 Å². The molecule has 0 fully saturated rings. The molecule has 2 aromatic carbocycles. The summed E-state index contributed by atoms with van der Waals surface area (Å²) >= 11 is 0. The highest BCUT2D eigenvalue weighted by molar-refractivity contribution is 5.36. The molecule has 0 saturated carbocycles. The van der Waals surface area contributed by atoms with E-state index in [4.69, 9.17) is 9.47 Å². The van der Waals surface area contributed by atoms with Crippen LogP contribution < -0.4 is 9.47 Å². The minimum Gasteiger partial charge on any atom is -0.497 e. The minimum atomic E-state index is -0.887. The molecule has 0 spiro atoms. The number of hydrogen-bond acceptors (Lipinski definition) is 2. The maximum atomic E-state index is 12.2. The lowest BCUT2D eigenvalue weighted by molar-refractivity contribution is 0.124. The van der Waals surface area contributed by atoms with Crippen LogP contribution in [0.2, 0.25) is 0 Å². The van der Waals surface area contributed by atoms with Crippen molar-refractivity contribution in [2.75, 3.05) is 14.2 Å². The van der Waals surface area contributed by atoms with Crippen molar-refractivity contribution in [3.63, 3.8) is 0 Å². The number of rotatable bonds is 4. The van der Waals surface area contributed by atoms with E-state index < -0.39 is 6.10 Å². The Morgan fingerprint density at radius 3 is 1.33 bits per heavy atom. The zero-order valence-electron chi connectivity index (χ0n) is 10.4. The minimum absolute atomic E-state index is 0.723. The zero-order valence-corrected chi connectivity index (χ0v) is 10.4. The van der Waals surface area contributed by atoms with Gasteiger partial charge in [0.1, 0.15) is 17.6 Å². The van der Waals surface area contributed by atoms with Crippen LogP contribution in [0.25, 0.3) is 0 Å². The Morgan fingerprint density at radius 1 is 0.722 bits per heavy atom. The van der Waals surface area contributed by atoms with E-state index >= 15 is 0 Å². The molecule has 3 heteroatoms. The van der Waals surface area contributed by atoms with E-state index in [1.807, 2.05) is 0 Å². The molecule has 2 rings (SSSR count). The molecule has 1 radical (unpaired) electrons. The first kappa shape index (κ1) is 12.5. The average molecular weight is 243 g/mol. The summed E-state index contributed by atoms with van der Waals surface area (Å²) in [7, 11) is 3.21.